The number of hydrogen-bond donors (Lipinski definition) is 0. The van der Waals surface area contributed by atoms with E-state index >= 15 is 0 Å². The third-order valence-electron chi connectivity index (χ3n) is 2.72. The fraction of sp³-hybridized carbons (Fsp3) is 0.500. The van der Waals surface area contributed by atoms with Gasteiger partial charge >= 0.3 is 17.9 Å². The van der Waals surface area contributed by atoms with Crippen LogP contribution in [0.3, 0.4) is 0 Å². The SMILES string of the molecule is C=CCC(CC(=C)C(=O)OCC)(C(=O)OC)C(=O)OC. The Morgan fingerprint density at radius 3 is 2.00 bits per heavy atom. The standard InChI is InChI=1S/C14H20O6/c1-6-8-14(12(16)18-4,13(17)19-5)9-10(3)11(15)20-7-2/h6H,1,3,7-9H2,2,4-5H3. The summed E-state index contributed by atoms with van der Waals surface area (Å²) in [4.78, 5) is 35.5. The molecule has 6 nitrogen and oxygen atoms in total. The second-order valence-corrected chi connectivity index (χ2v) is 4.06. The highest BCUT2D eigenvalue weighted by atomic mass is 16.5. The van der Waals surface area contributed by atoms with Gasteiger partial charge in [-0.2, -0.15) is 0 Å². The molecule has 0 heterocycles. The van der Waals surface area contributed by atoms with E-state index < -0.39 is 23.3 Å². The van der Waals surface area contributed by atoms with E-state index in [9.17, 15) is 14.4 Å². The Labute approximate surface area is 118 Å². The summed E-state index contributed by atoms with van der Waals surface area (Å²) in [7, 11) is 2.30. The van der Waals surface area contributed by atoms with Gasteiger partial charge in [0.25, 0.3) is 0 Å². The highest BCUT2D eigenvalue weighted by molar-refractivity contribution is 6.02. The van der Waals surface area contributed by atoms with Crippen LogP contribution >= 0.6 is 0 Å². The average molecular weight is 284 g/mol. The van der Waals surface area contributed by atoms with Crippen LogP contribution in [-0.4, -0.2) is 38.7 Å². The van der Waals surface area contributed by atoms with Crippen molar-refractivity contribution >= 4 is 17.9 Å². The molecule has 0 rings (SSSR count). The third kappa shape index (κ3) is 3.94. The van der Waals surface area contributed by atoms with Crippen LogP contribution in [0.25, 0.3) is 0 Å². The second-order valence-electron chi connectivity index (χ2n) is 4.06. The molecule has 0 aliphatic rings. The molecule has 0 aromatic heterocycles. The quantitative estimate of drug-likeness (QED) is 0.220. The first-order chi connectivity index (χ1) is 9.39. The minimum Gasteiger partial charge on any atom is -0.468 e. The van der Waals surface area contributed by atoms with Crippen LogP contribution in [0.4, 0.5) is 0 Å². The smallest absolute Gasteiger partial charge is 0.333 e. The summed E-state index contributed by atoms with van der Waals surface area (Å²) in [6.07, 6.45) is 1.09. The van der Waals surface area contributed by atoms with Crippen molar-refractivity contribution < 1.29 is 28.6 Å². The summed E-state index contributed by atoms with van der Waals surface area (Å²) >= 11 is 0. The maximum Gasteiger partial charge on any atom is 0.333 e. The van der Waals surface area contributed by atoms with Gasteiger partial charge in [-0.05, 0) is 13.3 Å². The van der Waals surface area contributed by atoms with Gasteiger partial charge in [0.2, 0.25) is 0 Å². The molecule has 0 amide bonds. The predicted molar refractivity (Wildman–Crippen MR) is 71.7 cm³/mol. The Hall–Kier alpha value is -2.11. The van der Waals surface area contributed by atoms with E-state index in [1.54, 1.807) is 6.92 Å². The van der Waals surface area contributed by atoms with Gasteiger partial charge in [0.05, 0.1) is 20.8 Å². The molecule has 0 saturated heterocycles. The number of carbonyl (C=O) groups is 3. The fourth-order valence-corrected chi connectivity index (χ4v) is 1.77. The van der Waals surface area contributed by atoms with E-state index in [2.05, 4.69) is 22.6 Å². The molecule has 0 saturated carbocycles. The Morgan fingerprint density at radius 2 is 1.65 bits per heavy atom. The second kappa shape index (κ2) is 8.14. The van der Waals surface area contributed by atoms with Crippen LogP contribution in [0, 0.1) is 5.41 Å². The number of carbonyl (C=O) groups excluding carboxylic acids is 3. The lowest BCUT2D eigenvalue weighted by Crippen LogP contribution is -2.42. The van der Waals surface area contributed by atoms with Gasteiger partial charge in [-0.1, -0.05) is 12.7 Å². The minimum absolute atomic E-state index is 0.00972. The van der Waals surface area contributed by atoms with Gasteiger partial charge < -0.3 is 14.2 Å². The van der Waals surface area contributed by atoms with E-state index in [-0.39, 0.29) is 25.0 Å². The highest BCUT2D eigenvalue weighted by Gasteiger charge is 2.48. The maximum absolute atomic E-state index is 12.0. The van der Waals surface area contributed by atoms with Crippen molar-refractivity contribution in [3.63, 3.8) is 0 Å². The third-order valence-corrected chi connectivity index (χ3v) is 2.72. The summed E-state index contributed by atoms with van der Waals surface area (Å²) in [5.74, 6) is -2.29. The molecule has 0 fully saturated rings. The number of ether oxygens (including phenoxy) is 3. The topological polar surface area (TPSA) is 78.9 Å². The van der Waals surface area contributed by atoms with Crippen LogP contribution in [0.1, 0.15) is 19.8 Å². The zero-order chi connectivity index (χ0) is 15.8. The number of hydrogen-bond acceptors (Lipinski definition) is 6. The molecule has 0 aromatic rings. The molecule has 6 heteroatoms. The van der Waals surface area contributed by atoms with Gasteiger partial charge in [0, 0.05) is 12.0 Å². The molecule has 0 N–H and O–H groups in total. The van der Waals surface area contributed by atoms with Crippen molar-refractivity contribution in [1.29, 1.82) is 0 Å². The lowest BCUT2D eigenvalue weighted by Gasteiger charge is -2.27. The molecule has 0 spiro atoms. The molecule has 0 radical (unpaired) electrons. The summed E-state index contributed by atoms with van der Waals surface area (Å²) in [5.41, 5.74) is -1.68. The highest BCUT2D eigenvalue weighted by Crippen LogP contribution is 2.34. The Morgan fingerprint density at radius 1 is 1.15 bits per heavy atom. The molecular formula is C14H20O6. The van der Waals surface area contributed by atoms with Crippen molar-refractivity contribution in [2.45, 2.75) is 19.8 Å². The minimum atomic E-state index is -1.67. The molecule has 0 aliphatic carbocycles. The monoisotopic (exact) mass is 284 g/mol. The van der Waals surface area contributed by atoms with Crippen molar-refractivity contribution in [2.75, 3.05) is 20.8 Å². The van der Waals surface area contributed by atoms with Crippen molar-refractivity contribution in [1.82, 2.24) is 0 Å². The molecular weight excluding hydrogens is 264 g/mol. The van der Waals surface area contributed by atoms with Crippen LogP contribution in [0.2, 0.25) is 0 Å². The van der Waals surface area contributed by atoms with Crippen LogP contribution in [0.15, 0.2) is 24.8 Å². The number of methoxy groups -OCH3 is 2. The maximum atomic E-state index is 12.0. The zero-order valence-electron chi connectivity index (χ0n) is 12.1. The van der Waals surface area contributed by atoms with E-state index in [1.807, 2.05) is 0 Å². The number of allylic oxidation sites excluding steroid dienone is 1. The first-order valence-electron chi connectivity index (χ1n) is 6.02. The van der Waals surface area contributed by atoms with Gasteiger partial charge in [-0.3, -0.25) is 9.59 Å². The summed E-state index contributed by atoms with van der Waals surface area (Å²) in [5, 5.41) is 0. The first-order valence-corrected chi connectivity index (χ1v) is 6.02. The number of rotatable bonds is 8. The number of esters is 3. The fourth-order valence-electron chi connectivity index (χ4n) is 1.77. The molecule has 0 bridgehead atoms. The van der Waals surface area contributed by atoms with Gasteiger partial charge in [-0.15, -0.1) is 6.58 Å². The van der Waals surface area contributed by atoms with Crippen molar-refractivity contribution in [3.05, 3.63) is 24.8 Å². The normalized spacial score (nSPS) is 10.3. The Bertz CT molecular complexity index is 394. The molecule has 0 atom stereocenters. The Kier molecular flexibility index (Phi) is 7.28. The molecule has 0 aromatic carbocycles. The summed E-state index contributed by atoms with van der Waals surface area (Å²) in [6, 6.07) is 0. The summed E-state index contributed by atoms with van der Waals surface area (Å²) in [6.45, 7) is 8.87. The van der Waals surface area contributed by atoms with Crippen LogP contribution in [-0.2, 0) is 28.6 Å². The van der Waals surface area contributed by atoms with Crippen molar-refractivity contribution in [2.24, 2.45) is 5.41 Å². The molecule has 112 valence electrons. The van der Waals surface area contributed by atoms with Gasteiger partial charge in [-0.25, -0.2) is 4.79 Å². The lowest BCUT2D eigenvalue weighted by molar-refractivity contribution is -0.169. The first kappa shape index (κ1) is 17.9. The van der Waals surface area contributed by atoms with E-state index in [1.165, 1.54) is 6.08 Å². The Balaban J connectivity index is 5.45. The van der Waals surface area contributed by atoms with E-state index in [0.29, 0.717) is 0 Å². The molecule has 0 aliphatic heterocycles. The van der Waals surface area contributed by atoms with Gasteiger partial charge in [0.1, 0.15) is 0 Å². The van der Waals surface area contributed by atoms with Gasteiger partial charge in [0.15, 0.2) is 5.41 Å². The van der Waals surface area contributed by atoms with Crippen LogP contribution < -0.4 is 0 Å². The van der Waals surface area contributed by atoms with E-state index in [4.69, 9.17) is 4.74 Å². The molecule has 0 unspecified atom stereocenters. The van der Waals surface area contributed by atoms with Crippen molar-refractivity contribution in [3.8, 4) is 0 Å². The summed E-state index contributed by atoms with van der Waals surface area (Å²) < 4.78 is 14.1. The van der Waals surface area contributed by atoms with E-state index in [0.717, 1.165) is 14.2 Å². The zero-order valence-corrected chi connectivity index (χ0v) is 12.1. The average Bonchev–Trinajstić information content (AvgIpc) is 2.44. The van der Waals surface area contributed by atoms with Crippen LogP contribution in [0.5, 0.6) is 0 Å². The molecule has 20 heavy (non-hydrogen) atoms. The predicted octanol–water partition coefficient (Wildman–Crippen LogP) is 1.40. The largest absolute Gasteiger partial charge is 0.468 e. The lowest BCUT2D eigenvalue weighted by atomic mass is 9.78.